The maximum atomic E-state index is 12.0. The Balaban J connectivity index is 1.85. The van der Waals surface area contributed by atoms with Crippen LogP contribution in [0.5, 0.6) is 0 Å². The lowest BCUT2D eigenvalue weighted by Crippen LogP contribution is -2.42. The Labute approximate surface area is 140 Å². The van der Waals surface area contributed by atoms with E-state index in [-0.39, 0.29) is 4.90 Å². The molecule has 0 aliphatic rings. The second kappa shape index (κ2) is 7.62. The first-order valence-electron chi connectivity index (χ1n) is 7.03. The quantitative estimate of drug-likeness (QED) is 0.438. The van der Waals surface area contributed by atoms with Crippen LogP contribution in [0.25, 0.3) is 5.70 Å². The van der Waals surface area contributed by atoms with E-state index in [0.717, 1.165) is 0 Å². The summed E-state index contributed by atoms with van der Waals surface area (Å²) in [6.07, 6.45) is 0. The van der Waals surface area contributed by atoms with Crippen LogP contribution < -0.4 is 21.3 Å². The van der Waals surface area contributed by atoms with E-state index in [0.29, 0.717) is 16.9 Å². The van der Waals surface area contributed by atoms with Gasteiger partial charge in [-0.1, -0.05) is 36.9 Å². The third-order valence-electron chi connectivity index (χ3n) is 3.06. The number of amides is 1. The summed E-state index contributed by atoms with van der Waals surface area (Å²) in [6, 6.07) is 14.8. The molecule has 0 unspecified atom stereocenters. The maximum absolute atomic E-state index is 12.0. The first-order chi connectivity index (χ1) is 11.4. The van der Waals surface area contributed by atoms with Crippen LogP contribution in [-0.2, 0) is 14.8 Å². The van der Waals surface area contributed by atoms with Crippen molar-refractivity contribution >= 4 is 27.3 Å². The Morgan fingerprint density at radius 1 is 1.04 bits per heavy atom. The molecule has 2 aromatic rings. The lowest BCUT2D eigenvalue weighted by atomic mass is 10.1. The van der Waals surface area contributed by atoms with E-state index >= 15 is 0 Å². The molecule has 0 aliphatic carbocycles. The molecule has 0 spiro atoms. The minimum atomic E-state index is -3.73. The number of hydrogen-bond acceptors (Lipinski definition) is 5. The average Bonchev–Trinajstić information content (AvgIpc) is 2.58. The molecular weight excluding hydrogens is 328 g/mol. The summed E-state index contributed by atoms with van der Waals surface area (Å²) in [7, 11) is -3.73. The number of nitrogens with one attached hydrogen (secondary N) is 3. The highest BCUT2D eigenvalue weighted by Gasteiger charge is 2.14. The van der Waals surface area contributed by atoms with Gasteiger partial charge in [0.1, 0.15) is 0 Å². The molecule has 1 amide bonds. The van der Waals surface area contributed by atoms with Gasteiger partial charge in [0.2, 0.25) is 10.0 Å². The zero-order chi connectivity index (χ0) is 17.6. The monoisotopic (exact) mass is 346 g/mol. The van der Waals surface area contributed by atoms with Crippen molar-refractivity contribution in [2.24, 2.45) is 0 Å². The van der Waals surface area contributed by atoms with Gasteiger partial charge in [-0.25, -0.2) is 13.1 Å². The number of anilines is 1. The molecular formula is C16H18N4O3S. The van der Waals surface area contributed by atoms with Crippen molar-refractivity contribution in [3.63, 3.8) is 0 Å². The topological polar surface area (TPSA) is 113 Å². The lowest BCUT2D eigenvalue weighted by molar-refractivity contribution is -0.120. The third kappa shape index (κ3) is 4.83. The van der Waals surface area contributed by atoms with Crippen molar-refractivity contribution in [1.29, 1.82) is 0 Å². The third-order valence-corrected chi connectivity index (χ3v) is 4.48. The number of nitrogen functional groups attached to an aromatic ring is 1. The predicted molar refractivity (Wildman–Crippen MR) is 92.8 cm³/mol. The van der Waals surface area contributed by atoms with Gasteiger partial charge in [0.05, 0.1) is 17.1 Å². The van der Waals surface area contributed by atoms with Gasteiger partial charge < -0.3 is 5.73 Å². The van der Waals surface area contributed by atoms with Crippen molar-refractivity contribution in [2.45, 2.75) is 4.90 Å². The molecule has 2 aromatic carbocycles. The van der Waals surface area contributed by atoms with Gasteiger partial charge in [-0.15, -0.1) is 0 Å². The van der Waals surface area contributed by atoms with Gasteiger partial charge in [0, 0.05) is 11.3 Å². The highest BCUT2D eigenvalue weighted by atomic mass is 32.2. The van der Waals surface area contributed by atoms with E-state index in [1.54, 1.807) is 42.5 Å². The van der Waals surface area contributed by atoms with Crippen molar-refractivity contribution in [2.75, 3.05) is 12.3 Å². The van der Waals surface area contributed by atoms with Crippen LogP contribution in [0.3, 0.4) is 0 Å². The Kier molecular flexibility index (Phi) is 5.56. The van der Waals surface area contributed by atoms with Crippen LogP contribution in [0.4, 0.5) is 5.69 Å². The summed E-state index contributed by atoms with van der Waals surface area (Å²) in [5.41, 5.74) is 12.4. The zero-order valence-corrected chi connectivity index (χ0v) is 13.6. The fourth-order valence-electron chi connectivity index (χ4n) is 1.83. The van der Waals surface area contributed by atoms with E-state index < -0.39 is 22.5 Å². The summed E-state index contributed by atoms with van der Waals surface area (Å²) >= 11 is 0. The average molecular weight is 346 g/mol. The van der Waals surface area contributed by atoms with Crippen LogP contribution in [-0.4, -0.2) is 20.9 Å². The molecule has 0 radical (unpaired) electrons. The molecule has 0 bridgehead atoms. The molecule has 0 atom stereocenters. The van der Waals surface area contributed by atoms with Crippen LogP contribution in [0.15, 0.2) is 66.1 Å². The number of hydrogen-bond donors (Lipinski definition) is 4. The van der Waals surface area contributed by atoms with Crippen molar-refractivity contribution in [3.05, 3.63) is 66.7 Å². The van der Waals surface area contributed by atoms with Gasteiger partial charge in [-0.05, 0) is 24.3 Å². The van der Waals surface area contributed by atoms with Gasteiger partial charge >= 0.3 is 0 Å². The summed E-state index contributed by atoms with van der Waals surface area (Å²) in [5, 5.41) is 0. The summed E-state index contributed by atoms with van der Waals surface area (Å²) < 4.78 is 26.2. The second-order valence-electron chi connectivity index (χ2n) is 4.91. The van der Waals surface area contributed by atoms with Crippen molar-refractivity contribution in [1.82, 2.24) is 15.6 Å². The van der Waals surface area contributed by atoms with Crippen LogP contribution in [0.2, 0.25) is 0 Å². The Bertz CT molecular complexity index is 835. The fourth-order valence-corrected chi connectivity index (χ4v) is 2.83. The van der Waals surface area contributed by atoms with Gasteiger partial charge in [0.25, 0.3) is 5.91 Å². The highest BCUT2D eigenvalue weighted by molar-refractivity contribution is 7.89. The number of sulfonamides is 1. The minimum absolute atomic E-state index is 0.0925. The van der Waals surface area contributed by atoms with Gasteiger partial charge in [-0.3, -0.25) is 15.6 Å². The normalized spacial score (nSPS) is 10.8. The molecule has 7 nitrogen and oxygen atoms in total. The molecule has 0 aliphatic heterocycles. The van der Waals surface area contributed by atoms with Crippen molar-refractivity contribution in [3.8, 4) is 0 Å². The van der Waals surface area contributed by atoms with Gasteiger partial charge in [0.15, 0.2) is 0 Å². The summed E-state index contributed by atoms with van der Waals surface area (Å²) in [6.45, 7) is 3.37. The van der Waals surface area contributed by atoms with Crippen LogP contribution in [0, 0.1) is 0 Å². The summed E-state index contributed by atoms with van der Waals surface area (Å²) in [5.74, 6) is -0.556. The molecule has 0 heterocycles. The van der Waals surface area contributed by atoms with Gasteiger partial charge in [-0.2, -0.15) is 0 Å². The number of hydrazine groups is 1. The molecule has 8 heteroatoms. The predicted octanol–water partition coefficient (Wildman–Crippen LogP) is 0.839. The van der Waals surface area contributed by atoms with E-state index in [4.69, 9.17) is 5.73 Å². The van der Waals surface area contributed by atoms with E-state index in [1.165, 1.54) is 12.1 Å². The summed E-state index contributed by atoms with van der Waals surface area (Å²) in [4.78, 5) is 11.8. The van der Waals surface area contributed by atoms with E-state index in [9.17, 15) is 13.2 Å². The first-order valence-corrected chi connectivity index (χ1v) is 8.51. The molecule has 0 aromatic heterocycles. The first kappa shape index (κ1) is 17.5. The van der Waals surface area contributed by atoms with E-state index in [1.807, 2.05) is 0 Å². The van der Waals surface area contributed by atoms with Crippen molar-refractivity contribution < 1.29 is 13.2 Å². The highest BCUT2D eigenvalue weighted by Crippen LogP contribution is 2.12. The Hall–Kier alpha value is -2.84. The number of rotatable bonds is 7. The standard InChI is InChI=1S/C16H18N4O3S/c1-12(13-6-5-7-14(17)10-13)19-20-16(21)11-18-24(22,23)15-8-3-2-4-9-15/h2-10,18-19H,1,11,17H2,(H,20,21). The molecule has 0 saturated heterocycles. The fraction of sp³-hybridized carbons (Fsp3) is 0.0625. The van der Waals surface area contributed by atoms with Crippen LogP contribution >= 0.6 is 0 Å². The Morgan fingerprint density at radius 3 is 2.42 bits per heavy atom. The molecule has 2 rings (SSSR count). The number of nitrogens with two attached hydrogens (primary N) is 1. The molecule has 24 heavy (non-hydrogen) atoms. The number of carbonyl (C=O) groups is 1. The molecule has 126 valence electrons. The zero-order valence-electron chi connectivity index (χ0n) is 12.8. The Morgan fingerprint density at radius 2 is 1.75 bits per heavy atom. The maximum Gasteiger partial charge on any atom is 0.253 e. The lowest BCUT2D eigenvalue weighted by Gasteiger charge is -2.12. The number of carbonyl (C=O) groups excluding carboxylic acids is 1. The molecule has 0 saturated carbocycles. The smallest absolute Gasteiger partial charge is 0.253 e. The molecule has 5 N–H and O–H groups in total. The minimum Gasteiger partial charge on any atom is -0.399 e. The largest absolute Gasteiger partial charge is 0.399 e. The van der Waals surface area contributed by atoms with Crippen LogP contribution in [0.1, 0.15) is 5.56 Å². The van der Waals surface area contributed by atoms with E-state index in [2.05, 4.69) is 22.2 Å². The molecule has 0 fully saturated rings. The SMILES string of the molecule is C=C(NNC(=O)CNS(=O)(=O)c1ccccc1)c1cccc(N)c1. The second-order valence-corrected chi connectivity index (χ2v) is 6.68. The number of benzene rings is 2.